The van der Waals surface area contributed by atoms with Crippen LogP contribution in [-0.2, 0) is 13.0 Å². The maximum atomic E-state index is 4.36. The Bertz CT molecular complexity index is 545. The minimum Gasteiger partial charge on any atom is -0.313 e. The molecule has 1 aromatic carbocycles. The van der Waals surface area contributed by atoms with Gasteiger partial charge in [0.25, 0.3) is 0 Å². The van der Waals surface area contributed by atoms with Gasteiger partial charge in [0.15, 0.2) is 0 Å². The van der Waals surface area contributed by atoms with Crippen LogP contribution in [0.15, 0.2) is 24.5 Å². The first-order valence-corrected chi connectivity index (χ1v) is 6.77. The zero-order valence-electron chi connectivity index (χ0n) is 12.1. The van der Waals surface area contributed by atoms with Crippen molar-refractivity contribution in [2.24, 2.45) is 0 Å². The molecular weight excluding hydrogens is 236 g/mol. The first kappa shape index (κ1) is 13.7. The molecule has 0 fully saturated rings. The van der Waals surface area contributed by atoms with Crippen molar-refractivity contribution in [1.82, 2.24) is 20.1 Å². The van der Waals surface area contributed by atoms with Gasteiger partial charge in [-0.05, 0) is 44.5 Å². The average molecular weight is 258 g/mol. The van der Waals surface area contributed by atoms with Crippen LogP contribution in [-0.4, -0.2) is 21.8 Å². The van der Waals surface area contributed by atoms with E-state index in [1.165, 1.54) is 16.7 Å². The average Bonchev–Trinajstić information content (AvgIpc) is 2.87. The fourth-order valence-corrected chi connectivity index (χ4v) is 2.41. The Labute approximate surface area is 114 Å². The monoisotopic (exact) mass is 258 g/mol. The molecule has 1 aromatic heterocycles. The third-order valence-electron chi connectivity index (χ3n) is 3.75. The van der Waals surface area contributed by atoms with Crippen LogP contribution in [0, 0.1) is 13.8 Å². The molecule has 0 radical (unpaired) electrons. The van der Waals surface area contributed by atoms with Crippen LogP contribution in [0.5, 0.6) is 0 Å². The van der Waals surface area contributed by atoms with Gasteiger partial charge in [0.1, 0.15) is 12.2 Å². The van der Waals surface area contributed by atoms with Crippen molar-refractivity contribution in [2.75, 3.05) is 7.05 Å². The molecule has 0 aliphatic rings. The molecule has 0 aliphatic heterocycles. The Balaban J connectivity index is 2.28. The van der Waals surface area contributed by atoms with Crippen LogP contribution in [0.4, 0.5) is 0 Å². The van der Waals surface area contributed by atoms with Crippen molar-refractivity contribution >= 4 is 0 Å². The van der Waals surface area contributed by atoms with Gasteiger partial charge in [0.2, 0.25) is 0 Å². The van der Waals surface area contributed by atoms with E-state index in [1.807, 2.05) is 11.7 Å². The molecule has 0 saturated carbocycles. The third-order valence-corrected chi connectivity index (χ3v) is 3.75. The van der Waals surface area contributed by atoms with Gasteiger partial charge in [-0.1, -0.05) is 18.2 Å². The molecule has 0 aliphatic carbocycles. The van der Waals surface area contributed by atoms with Gasteiger partial charge in [-0.2, -0.15) is 5.10 Å². The smallest absolute Gasteiger partial charge is 0.138 e. The highest BCUT2D eigenvalue weighted by Crippen LogP contribution is 2.22. The normalized spacial score (nSPS) is 12.6. The topological polar surface area (TPSA) is 42.7 Å². The number of rotatable bonds is 5. The van der Waals surface area contributed by atoms with Gasteiger partial charge in [0.05, 0.1) is 0 Å². The highest BCUT2D eigenvalue weighted by molar-refractivity contribution is 5.35. The summed E-state index contributed by atoms with van der Waals surface area (Å²) in [5.41, 5.74) is 4.02. The Morgan fingerprint density at radius 2 is 2.11 bits per heavy atom. The quantitative estimate of drug-likeness (QED) is 0.895. The summed E-state index contributed by atoms with van der Waals surface area (Å²) in [6.45, 7) is 7.28. The largest absolute Gasteiger partial charge is 0.313 e. The Hall–Kier alpha value is -1.68. The molecule has 19 heavy (non-hydrogen) atoms. The molecular formula is C15H22N4. The van der Waals surface area contributed by atoms with E-state index in [1.54, 1.807) is 6.33 Å². The lowest BCUT2D eigenvalue weighted by Gasteiger charge is -2.19. The van der Waals surface area contributed by atoms with Crippen LogP contribution in [0.3, 0.4) is 0 Å². The minimum atomic E-state index is 0.273. The van der Waals surface area contributed by atoms with Crippen molar-refractivity contribution in [3.05, 3.63) is 47.0 Å². The predicted octanol–water partition coefficient (Wildman–Crippen LogP) is 2.42. The first-order valence-electron chi connectivity index (χ1n) is 6.77. The number of nitrogens with zero attached hydrogens (tertiary/aromatic N) is 3. The number of aryl methyl sites for hydroxylation is 2. The number of aromatic nitrogens is 3. The Morgan fingerprint density at radius 1 is 1.32 bits per heavy atom. The lowest BCUT2D eigenvalue weighted by atomic mass is 9.95. The molecule has 1 unspecified atom stereocenters. The van der Waals surface area contributed by atoms with Crippen LogP contribution in [0.1, 0.15) is 35.5 Å². The van der Waals surface area contributed by atoms with E-state index in [0.717, 1.165) is 18.8 Å². The highest BCUT2D eigenvalue weighted by atomic mass is 15.3. The van der Waals surface area contributed by atoms with E-state index in [4.69, 9.17) is 0 Å². The van der Waals surface area contributed by atoms with Gasteiger partial charge in [-0.3, -0.25) is 4.68 Å². The summed E-state index contributed by atoms with van der Waals surface area (Å²) in [5.74, 6) is 1.03. The molecule has 4 heteroatoms. The summed E-state index contributed by atoms with van der Waals surface area (Å²) in [4.78, 5) is 4.36. The van der Waals surface area contributed by atoms with Gasteiger partial charge >= 0.3 is 0 Å². The van der Waals surface area contributed by atoms with Gasteiger partial charge in [-0.25, -0.2) is 4.98 Å². The van der Waals surface area contributed by atoms with E-state index in [9.17, 15) is 0 Å². The molecule has 102 valence electrons. The summed E-state index contributed by atoms with van der Waals surface area (Å²) < 4.78 is 1.95. The number of hydrogen-bond donors (Lipinski definition) is 1. The second-order valence-corrected chi connectivity index (χ2v) is 4.83. The van der Waals surface area contributed by atoms with Crippen molar-refractivity contribution in [3.63, 3.8) is 0 Å². The van der Waals surface area contributed by atoms with Crippen LogP contribution in [0.25, 0.3) is 0 Å². The van der Waals surface area contributed by atoms with Crippen LogP contribution < -0.4 is 5.32 Å². The molecule has 2 rings (SSSR count). The van der Waals surface area contributed by atoms with Gasteiger partial charge < -0.3 is 5.32 Å². The van der Waals surface area contributed by atoms with E-state index < -0.39 is 0 Å². The highest BCUT2D eigenvalue weighted by Gasteiger charge is 2.16. The summed E-state index contributed by atoms with van der Waals surface area (Å²) in [5, 5.41) is 7.63. The Kier molecular flexibility index (Phi) is 4.32. The second kappa shape index (κ2) is 5.97. The maximum Gasteiger partial charge on any atom is 0.138 e. The number of likely N-dealkylation sites (N-methyl/N-ethyl adjacent to an activating group) is 1. The van der Waals surface area contributed by atoms with Crippen LogP contribution in [0.2, 0.25) is 0 Å². The number of nitrogens with one attached hydrogen (secondary N) is 1. The SMILES string of the molecule is CCn1ncnc1CC(NC)c1cccc(C)c1C. The summed E-state index contributed by atoms with van der Waals surface area (Å²) in [7, 11) is 2.00. The molecule has 1 atom stereocenters. The lowest BCUT2D eigenvalue weighted by Crippen LogP contribution is -2.22. The first-order chi connectivity index (χ1) is 9.17. The Morgan fingerprint density at radius 3 is 2.79 bits per heavy atom. The van der Waals surface area contributed by atoms with E-state index in [-0.39, 0.29) is 6.04 Å². The van der Waals surface area contributed by atoms with Crippen molar-refractivity contribution in [2.45, 2.75) is 39.8 Å². The molecule has 0 saturated heterocycles. The van der Waals surface area contributed by atoms with Gasteiger partial charge in [-0.15, -0.1) is 0 Å². The van der Waals surface area contributed by atoms with Crippen molar-refractivity contribution in [3.8, 4) is 0 Å². The molecule has 0 spiro atoms. The molecule has 0 bridgehead atoms. The zero-order valence-corrected chi connectivity index (χ0v) is 12.1. The van der Waals surface area contributed by atoms with Crippen LogP contribution >= 0.6 is 0 Å². The summed E-state index contributed by atoms with van der Waals surface area (Å²) in [6, 6.07) is 6.73. The third kappa shape index (κ3) is 2.84. The van der Waals surface area contributed by atoms with Crippen molar-refractivity contribution in [1.29, 1.82) is 0 Å². The zero-order chi connectivity index (χ0) is 13.8. The summed E-state index contributed by atoms with van der Waals surface area (Å²) >= 11 is 0. The minimum absolute atomic E-state index is 0.273. The molecule has 1 heterocycles. The maximum absolute atomic E-state index is 4.36. The fourth-order valence-electron chi connectivity index (χ4n) is 2.41. The predicted molar refractivity (Wildman–Crippen MR) is 77.1 cm³/mol. The van der Waals surface area contributed by atoms with E-state index >= 15 is 0 Å². The standard InChI is InChI=1S/C15H22N4/c1-5-19-15(17-10-18-19)9-14(16-4)13-8-6-7-11(2)12(13)3/h6-8,10,14,16H,5,9H2,1-4H3. The molecule has 1 N–H and O–H groups in total. The molecule has 4 nitrogen and oxygen atoms in total. The fraction of sp³-hybridized carbons (Fsp3) is 0.467. The van der Waals surface area contributed by atoms with E-state index in [2.05, 4.69) is 54.4 Å². The second-order valence-electron chi connectivity index (χ2n) is 4.83. The van der Waals surface area contributed by atoms with Gasteiger partial charge in [0, 0.05) is 19.0 Å². The molecule has 0 amide bonds. The number of hydrogen-bond acceptors (Lipinski definition) is 3. The van der Waals surface area contributed by atoms with Crippen molar-refractivity contribution < 1.29 is 0 Å². The summed E-state index contributed by atoms with van der Waals surface area (Å²) in [6.07, 6.45) is 2.49. The van der Waals surface area contributed by atoms with E-state index in [0.29, 0.717) is 0 Å². The number of benzene rings is 1. The molecule has 2 aromatic rings. The lowest BCUT2D eigenvalue weighted by molar-refractivity contribution is 0.532.